The molecule has 0 spiro atoms. The average Bonchev–Trinajstić information content (AvgIpc) is 2.59. The maximum atomic E-state index is 11.9. The number of carbonyl (C=O) groups is 2. The van der Waals surface area contributed by atoms with Crippen LogP contribution in [0, 0.1) is 5.92 Å². The molecule has 25 heavy (non-hydrogen) atoms. The first-order valence-corrected chi connectivity index (χ1v) is 9.56. The van der Waals surface area contributed by atoms with Gasteiger partial charge in [-0.1, -0.05) is 24.3 Å². The molecule has 0 fully saturated rings. The number of nitrogens with two attached hydrogens (primary N) is 1. The molecule has 136 valence electrons. The number of rotatable bonds is 6. The van der Waals surface area contributed by atoms with Gasteiger partial charge in [-0.3, -0.25) is 9.59 Å². The Bertz CT molecular complexity index is 756. The molecule has 2 rings (SSSR count). The molecule has 0 saturated carbocycles. The van der Waals surface area contributed by atoms with Gasteiger partial charge < -0.3 is 10.1 Å². The minimum absolute atomic E-state index is 0.00485. The first-order valence-electron chi connectivity index (χ1n) is 8.01. The third kappa shape index (κ3) is 5.68. The summed E-state index contributed by atoms with van der Waals surface area (Å²) >= 11 is 0. The average molecular weight is 366 g/mol. The molecule has 0 saturated heterocycles. The van der Waals surface area contributed by atoms with E-state index in [1.165, 1.54) is 12.1 Å². The number of benzene rings is 1. The van der Waals surface area contributed by atoms with Crippen LogP contribution >= 0.6 is 0 Å². The van der Waals surface area contributed by atoms with E-state index in [1.807, 2.05) is 12.2 Å². The van der Waals surface area contributed by atoms with Crippen molar-refractivity contribution in [3.05, 3.63) is 42.0 Å². The zero-order valence-corrected chi connectivity index (χ0v) is 14.8. The van der Waals surface area contributed by atoms with Crippen molar-refractivity contribution in [2.45, 2.75) is 37.1 Å². The molecule has 0 bridgehead atoms. The molecular formula is C17H22N2O5S. The van der Waals surface area contributed by atoms with E-state index < -0.39 is 15.9 Å². The van der Waals surface area contributed by atoms with Crippen LogP contribution in [0.25, 0.3) is 0 Å². The van der Waals surface area contributed by atoms with Gasteiger partial charge >= 0.3 is 5.97 Å². The number of allylic oxidation sites excluding steroid dienone is 2. The van der Waals surface area contributed by atoms with E-state index in [2.05, 4.69) is 5.32 Å². The van der Waals surface area contributed by atoms with Gasteiger partial charge in [-0.05, 0) is 43.9 Å². The van der Waals surface area contributed by atoms with Crippen LogP contribution in [0.15, 0.2) is 41.3 Å². The van der Waals surface area contributed by atoms with Crippen LogP contribution in [0.2, 0.25) is 0 Å². The Balaban J connectivity index is 1.83. The van der Waals surface area contributed by atoms with Gasteiger partial charge in [0.25, 0.3) is 5.91 Å². The maximum Gasteiger partial charge on any atom is 0.309 e. The topological polar surface area (TPSA) is 116 Å². The third-order valence-electron chi connectivity index (χ3n) is 4.03. The highest BCUT2D eigenvalue weighted by molar-refractivity contribution is 7.89. The summed E-state index contributed by atoms with van der Waals surface area (Å²) in [6, 6.07) is 5.54. The number of ether oxygens (including phenoxy) is 1. The summed E-state index contributed by atoms with van der Waals surface area (Å²) in [5.41, 5.74) is 0.712. The lowest BCUT2D eigenvalue weighted by molar-refractivity contribution is -0.153. The quantitative estimate of drug-likeness (QED) is 0.583. The smallest absolute Gasteiger partial charge is 0.309 e. The van der Waals surface area contributed by atoms with E-state index in [0.717, 1.165) is 12.8 Å². The number of hydrogen-bond acceptors (Lipinski definition) is 5. The highest BCUT2D eigenvalue weighted by Crippen LogP contribution is 2.19. The van der Waals surface area contributed by atoms with Gasteiger partial charge in [0, 0.05) is 0 Å². The molecule has 0 aromatic heterocycles. The fourth-order valence-electron chi connectivity index (χ4n) is 2.57. The fourth-order valence-corrected chi connectivity index (χ4v) is 3.09. The van der Waals surface area contributed by atoms with Gasteiger partial charge in [0.1, 0.15) is 0 Å². The van der Waals surface area contributed by atoms with Gasteiger partial charge in [-0.25, -0.2) is 13.6 Å². The highest BCUT2D eigenvalue weighted by atomic mass is 32.2. The molecule has 3 N–H and O–H groups in total. The van der Waals surface area contributed by atoms with Crippen LogP contribution in [0.4, 0.5) is 0 Å². The molecule has 2 atom stereocenters. The summed E-state index contributed by atoms with van der Waals surface area (Å²) in [5, 5.41) is 7.74. The fraction of sp³-hybridized carbons (Fsp3) is 0.412. The third-order valence-corrected chi connectivity index (χ3v) is 4.96. The number of carbonyl (C=O) groups excluding carboxylic acids is 2. The van der Waals surface area contributed by atoms with Crippen LogP contribution in [0.1, 0.15) is 37.8 Å². The molecule has 0 radical (unpaired) electrons. The van der Waals surface area contributed by atoms with Crippen molar-refractivity contribution in [1.29, 1.82) is 0 Å². The van der Waals surface area contributed by atoms with Gasteiger partial charge in [0.15, 0.2) is 6.61 Å². The van der Waals surface area contributed by atoms with Crippen LogP contribution in [-0.2, 0) is 24.3 Å². The van der Waals surface area contributed by atoms with E-state index >= 15 is 0 Å². The second-order valence-corrected chi connectivity index (χ2v) is 7.55. The SMILES string of the molecule is C[C@@H](NC(=O)COC(=O)[C@H]1CC=CCC1)c1ccc(S(N)(=O)=O)cc1. The molecule has 0 aliphatic heterocycles. The normalized spacial score (nSPS) is 18.4. The van der Waals surface area contributed by atoms with Gasteiger partial charge in [0.2, 0.25) is 10.0 Å². The van der Waals surface area contributed by atoms with Crippen molar-refractivity contribution in [3.8, 4) is 0 Å². The summed E-state index contributed by atoms with van der Waals surface area (Å²) in [6.07, 6.45) is 6.21. The van der Waals surface area contributed by atoms with Crippen molar-refractivity contribution in [2.24, 2.45) is 11.1 Å². The van der Waals surface area contributed by atoms with E-state index in [4.69, 9.17) is 9.88 Å². The van der Waals surface area contributed by atoms with Gasteiger partial charge in [0.05, 0.1) is 16.9 Å². The number of sulfonamides is 1. The molecule has 0 heterocycles. The van der Waals surface area contributed by atoms with Crippen LogP contribution in [-0.4, -0.2) is 26.9 Å². The summed E-state index contributed by atoms with van der Waals surface area (Å²) in [4.78, 5) is 23.8. The molecule has 1 aliphatic rings. The Labute approximate surface area is 147 Å². The second kappa shape index (κ2) is 8.26. The standard InChI is InChI=1S/C17H22N2O5S/c1-12(13-7-9-15(10-8-13)25(18,22)23)19-16(20)11-24-17(21)14-5-3-2-4-6-14/h2-3,7-10,12,14H,4-6,11H2,1H3,(H,19,20)(H2,18,22,23)/t12-,14+/m1/s1. The minimum atomic E-state index is -3.75. The van der Waals surface area contributed by atoms with Crippen LogP contribution < -0.4 is 10.5 Å². The molecule has 1 amide bonds. The summed E-state index contributed by atoms with van der Waals surface area (Å²) in [6.45, 7) is 1.41. The van der Waals surface area contributed by atoms with E-state index in [9.17, 15) is 18.0 Å². The summed E-state index contributed by atoms with van der Waals surface area (Å²) in [7, 11) is -3.75. The Morgan fingerprint density at radius 1 is 1.28 bits per heavy atom. The first-order chi connectivity index (χ1) is 11.8. The Morgan fingerprint density at radius 3 is 2.52 bits per heavy atom. The largest absolute Gasteiger partial charge is 0.455 e. The zero-order valence-electron chi connectivity index (χ0n) is 14.0. The molecule has 8 heteroatoms. The van der Waals surface area contributed by atoms with Crippen LogP contribution in [0.5, 0.6) is 0 Å². The lowest BCUT2D eigenvalue weighted by atomic mass is 9.95. The minimum Gasteiger partial charge on any atom is -0.455 e. The van der Waals surface area contributed by atoms with Gasteiger partial charge in [-0.15, -0.1) is 0 Å². The molecular weight excluding hydrogens is 344 g/mol. The molecule has 1 aromatic rings. The maximum absolute atomic E-state index is 11.9. The van der Waals surface area contributed by atoms with Crippen LogP contribution in [0.3, 0.4) is 0 Å². The van der Waals surface area contributed by atoms with Crippen molar-refractivity contribution in [2.75, 3.05) is 6.61 Å². The lowest BCUT2D eigenvalue weighted by Gasteiger charge is -2.18. The monoisotopic (exact) mass is 366 g/mol. The first kappa shape index (κ1) is 19.1. The number of amides is 1. The zero-order chi connectivity index (χ0) is 18.4. The summed E-state index contributed by atoms with van der Waals surface area (Å²) in [5.74, 6) is -0.951. The Hall–Kier alpha value is -2.19. The molecule has 1 aromatic carbocycles. The molecule has 1 aliphatic carbocycles. The second-order valence-electron chi connectivity index (χ2n) is 5.99. The van der Waals surface area contributed by atoms with Crippen molar-refractivity contribution < 1.29 is 22.7 Å². The number of nitrogens with one attached hydrogen (secondary N) is 1. The predicted molar refractivity (Wildman–Crippen MR) is 91.8 cm³/mol. The number of esters is 1. The molecule has 7 nitrogen and oxygen atoms in total. The lowest BCUT2D eigenvalue weighted by Crippen LogP contribution is -2.32. The van der Waals surface area contributed by atoms with Crippen molar-refractivity contribution in [1.82, 2.24) is 5.32 Å². The highest BCUT2D eigenvalue weighted by Gasteiger charge is 2.21. The Morgan fingerprint density at radius 2 is 1.96 bits per heavy atom. The van der Waals surface area contributed by atoms with E-state index in [-0.39, 0.29) is 29.4 Å². The van der Waals surface area contributed by atoms with E-state index in [1.54, 1.807) is 19.1 Å². The Kier molecular flexibility index (Phi) is 6.33. The number of hydrogen-bond donors (Lipinski definition) is 2. The van der Waals surface area contributed by atoms with E-state index in [0.29, 0.717) is 12.0 Å². The molecule has 0 unspecified atom stereocenters. The van der Waals surface area contributed by atoms with Gasteiger partial charge in [-0.2, -0.15) is 0 Å². The summed E-state index contributed by atoms with van der Waals surface area (Å²) < 4.78 is 27.5. The van der Waals surface area contributed by atoms with Crippen molar-refractivity contribution >= 4 is 21.9 Å². The van der Waals surface area contributed by atoms with Crippen molar-refractivity contribution in [3.63, 3.8) is 0 Å². The number of primary sulfonamides is 1. The predicted octanol–water partition coefficient (Wildman–Crippen LogP) is 1.41.